The number of hydrogen-bond donors (Lipinski definition) is 0. The number of alkyl halides is 1. The van der Waals surface area contributed by atoms with Crippen LogP contribution in [-0.2, 0) is 19.1 Å². The van der Waals surface area contributed by atoms with E-state index < -0.39 is 11.9 Å². The minimum absolute atomic E-state index is 0.0264. The molecule has 15 heavy (non-hydrogen) atoms. The van der Waals surface area contributed by atoms with Crippen molar-refractivity contribution in [3.8, 4) is 0 Å². The zero-order chi connectivity index (χ0) is 11.7. The van der Waals surface area contributed by atoms with Crippen LogP contribution in [0, 0.1) is 0 Å². The molecule has 0 unspecified atom stereocenters. The predicted molar refractivity (Wildman–Crippen MR) is 59.4 cm³/mol. The molecule has 0 aliphatic rings. The van der Waals surface area contributed by atoms with E-state index in [2.05, 4.69) is 30.4 Å². The molecule has 0 spiro atoms. The summed E-state index contributed by atoms with van der Waals surface area (Å²) >= 11 is 3.21. The molecule has 0 aliphatic heterocycles. The minimum Gasteiger partial charge on any atom is -0.469 e. The van der Waals surface area contributed by atoms with Gasteiger partial charge in [-0.3, -0.25) is 14.6 Å². The second kappa shape index (κ2) is 8.40. The third-order valence-corrected chi connectivity index (χ3v) is 1.93. The molecule has 5 nitrogen and oxygen atoms in total. The Morgan fingerprint density at radius 1 is 1.13 bits per heavy atom. The van der Waals surface area contributed by atoms with Crippen LogP contribution in [-0.4, -0.2) is 43.7 Å². The molecule has 0 saturated carbocycles. The molecule has 0 aromatic rings. The van der Waals surface area contributed by atoms with Crippen molar-refractivity contribution in [3.63, 3.8) is 0 Å². The number of methoxy groups -OCH3 is 2. The molecular formula is C9H14BrNO4. The first-order chi connectivity index (χ1) is 7.13. The highest BCUT2D eigenvalue weighted by Gasteiger charge is 2.12. The minimum atomic E-state index is -0.410. The third-order valence-electron chi connectivity index (χ3n) is 1.57. The van der Waals surface area contributed by atoms with Gasteiger partial charge in [-0.2, -0.15) is 0 Å². The lowest BCUT2D eigenvalue weighted by Crippen LogP contribution is -2.15. The van der Waals surface area contributed by atoms with E-state index in [9.17, 15) is 9.59 Å². The van der Waals surface area contributed by atoms with Crippen LogP contribution in [0.2, 0.25) is 0 Å². The molecule has 0 fully saturated rings. The maximum Gasteiger partial charge on any atom is 0.311 e. The van der Waals surface area contributed by atoms with Crippen LogP contribution in [0.4, 0.5) is 0 Å². The average molecular weight is 280 g/mol. The van der Waals surface area contributed by atoms with E-state index in [4.69, 9.17) is 0 Å². The van der Waals surface area contributed by atoms with E-state index in [0.717, 1.165) is 0 Å². The van der Waals surface area contributed by atoms with Crippen molar-refractivity contribution >= 4 is 33.6 Å². The van der Waals surface area contributed by atoms with Crippen LogP contribution >= 0.6 is 15.9 Å². The van der Waals surface area contributed by atoms with Gasteiger partial charge in [0.2, 0.25) is 0 Å². The Bertz CT molecular complexity index is 232. The van der Waals surface area contributed by atoms with Crippen molar-refractivity contribution in [2.24, 2.45) is 4.99 Å². The molecule has 0 amide bonds. The van der Waals surface area contributed by atoms with Crippen molar-refractivity contribution in [1.82, 2.24) is 0 Å². The lowest BCUT2D eigenvalue weighted by molar-refractivity contribution is -0.139. The summed E-state index contributed by atoms with van der Waals surface area (Å²) in [5.41, 5.74) is 0.480. The molecule has 0 aliphatic carbocycles. The van der Waals surface area contributed by atoms with Crippen molar-refractivity contribution in [2.45, 2.75) is 12.8 Å². The van der Waals surface area contributed by atoms with Crippen LogP contribution in [0.15, 0.2) is 4.99 Å². The molecule has 0 saturated heterocycles. The molecule has 0 bridgehead atoms. The van der Waals surface area contributed by atoms with E-state index in [0.29, 0.717) is 17.6 Å². The average Bonchev–Trinajstić information content (AvgIpc) is 2.25. The standard InChI is InChI=1S/C9H14BrNO4/c1-14-8(12)5-7(11-4-3-10)6-9(13)15-2/h3-6H2,1-2H3. The lowest BCUT2D eigenvalue weighted by Gasteiger charge is -2.04. The predicted octanol–water partition coefficient (Wildman–Crippen LogP) is 0.948. The van der Waals surface area contributed by atoms with Crippen LogP contribution in [0.3, 0.4) is 0 Å². The van der Waals surface area contributed by atoms with Gasteiger partial charge in [0.25, 0.3) is 0 Å². The monoisotopic (exact) mass is 279 g/mol. The Labute approximate surface area is 97.0 Å². The van der Waals surface area contributed by atoms with E-state index in [-0.39, 0.29) is 12.8 Å². The second-order valence-electron chi connectivity index (χ2n) is 2.64. The molecule has 0 aromatic carbocycles. The number of esters is 2. The SMILES string of the molecule is COC(=O)CC(CC(=O)OC)=NCCBr. The van der Waals surface area contributed by atoms with Crippen molar-refractivity contribution < 1.29 is 19.1 Å². The van der Waals surface area contributed by atoms with Crippen molar-refractivity contribution in [3.05, 3.63) is 0 Å². The smallest absolute Gasteiger partial charge is 0.311 e. The van der Waals surface area contributed by atoms with Crippen LogP contribution in [0.5, 0.6) is 0 Å². The Kier molecular flexibility index (Phi) is 7.89. The summed E-state index contributed by atoms with van der Waals surface area (Å²) in [5.74, 6) is -0.820. The van der Waals surface area contributed by atoms with Crippen molar-refractivity contribution in [1.29, 1.82) is 0 Å². The van der Waals surface area contributed by atoms with E-state index in [1.54, 1.807) is 0 Å². The maximum absolute atomic E-state index is 11.0. The second-order valence-corrected chi connectivity index (χ2v) is 3.44. The van der Waals surface area contributed by atoms with Gasteiger partial charge in [0.05, 0.1) is 27.1 Å². The van der Waals surface area contributed by atoms with Gasteiger partial charge < -0.3 is 9.47 Å². The number of hydrogen-bond acceptors (Lipinski definition) is 5. The van der Waals surface area contributed by atoms with E-state index in [1.165, 1.54) is 14.2 Å². The van der Waals surface area contributed by atoms with Gasteiger partial charge in [0.15, 0.2) is 0 Å². The summed E-state index contributed by atoms with van der Waals surface area (Å²) in [5, 5.41) is 0.679. The van der Waals surface area contributed by atoms with Gasteiger partial charge >= 0.3 is 11.9 Å². The number of rotatable bonds is 6. The summed E-state index contributed by atoms with van der Waals surface area (Å²) in [6, 6.07) is 0. The van der Waals surface area contributed by atoms with Crippen molar-refractivity contribution in [2.75, 3.05) is 26.1 Å². The molecule has 0 heterocycles. The largest absolute Gasteiger partial charge is 0.469 e. The lowest BCUT2D eigenvalue weighted by atomic mass is 10.2. The molecule has 0 rings (SSSR count). The van der Waals surface area contributed by atoms with Crippen LogP contribution in [0.1, 0.15) is 12.8 Å². The van der Waals surface area contributed by atoms with Gasteiger partial charge in [0, 0.05) is 17.6 Å². The number of carbonyl (C=O) groups is 2. The molecule has 0 radical (unpaired) electrons. The number of carbonyl (C=O) groups excluding carboxylic acids is 2. The van der Waals surface area contributed by atoms with Gasteiger partial charge in [-0.1, -0.05) is 15.9 Å². The highest BCUT2D eigenvalue weighted by atomic mass is 79.9. The maximum atomic E-state index is 11.0. The fourth-order valence-corrected chi connectivity index (χ4v) is 1.03. The first kappa shape index (κ1) is 14.1. The number of aliphatic imine (C=N–C) groups is 1. The summed E-state index contributed by atoms with van der Waals surface area (Å²) < 4.78 is 8.98. The Morgan fingerprint density at radius 3 is 1.93 bits per heavy atom. The first-order valence-electron chi connectivity index (χ1n) is 4.35. The van der Waals surface area contributed by atoms with E-state index >= 15 is 0 Å². The number of ether oxygens (including phenoxy) is 2. The molecule has 0 atom stereocenters. The molecule has 0 N–H and O–H groups in total. The third kappa shape index (κ3) is 7.07. The first-order valence-corrected chi connectivity index (χ1v) is 5.48. The Balaban J connectivity index is 4.30. The number of nitrogens with zero attached hydrogens (tertiary/aromatic N) is 1. The topological polar surface area (TPSA) is 65.0 Å². The highest BCUT2D eigenvalue weighted by Crippen LogP contribution is 1.99. The number of halogens is 1. The fourth-order valence-electron chi connectivity index (χ4n) is 0.852. The van der Waals surface area contributed by atoms with Gasteiger partial charge in [-0.15, -0.1) is 0 Å². The Hall–Kier alpha value is -0.910. The molecular weight excluding hydrogens is 266 g/mol. The molecule has 86 valence electrons. The summed E-state index contributed by atoms with van der Waals surface area (Å²) in [4.78, 5) is 26.1. The fraction of sp³-hybridized carbons (Fsp3) is 0.667. The summed E-state index contributed by atoms with van der Waals surface area (Å²) in [6.45, 7) is 0.517. The molecule has 6 heteroatoms. The van der Waals surface area contributed by atoms with Gasteiger partial charge in [0.1, 0.15) is 0 Å². The van der Waals surface area contributed by atoms with Gasteiger partial charge in [-0.25, -0.2) is 0 Å². The van der Waals surface area contributed by atoms with Gasteiger partial charge in [-0.05, 0) is 0 Å². The normalized spacial score (nSPS) is 9.27. The quantitative estimate of drug-likeness (QED) is 0.413. The van der Waals surface area contributed by atoms with E-state index in [1.807, 2.05) is 0 Å². The Morgan fingerprint density at radius 2 is 1.60 bits per heavy atom. The summed E-state index contributed by atoms with van der Waals surface area (Å²) in [6.07, 6.45) is 0.0528. The van der Waals surface area contributed by atoms with Crippen LogP contribution < -0.4 is 0 Å². The molecule has 0 aromatic heterocycles. The summed E-state index contributed by atoms with van der Waals surface area (Å²) in [7, 11) is 2.59. The van der Waals surface area contributed by atoms with Crippen LogP contribution in [0.25, 0.3) is 0 Å². The zero-order valence-corrected chi connectivity index (χ0v) is 10.4. The highest BCUT2D eigenvalue weighted by molar-refractivity contribution is 9.09. The zero-order valence-electron chi connectivity index (χ0n) is 8.79.